The molecular weight excluding hydrogens is 226 g/mol. The van der Waals surface area contributed by atoms with Crippen molar-refractivity contribution in [2.75, 3.05) is 5.73 Å². The van der Waals surface area contributed by atoms with Gasteiger partial charge < -0.3 is 5.73 Å². The van der Waals surface area contributed by atoms with Crippen molar-refractivity contribution in [2.45, 2.75) is 6.54 Å². The Hall–Kier alpha value is -1.81. The zero-order valence-electron chi connectivity index (χ0n) is 8.43. The van der Waals surface area contributed by atoms with E-state index < -0.39 is 0 Å². The highest BCUT2D eigenvalue weighted by molar-refractivity contribution is 6.25. The Morgan fingerprint density at radius 1 is 1.50 bits per heavy atom. The van der Waals surface area contributed by atoms with Gasteiger partial charge in [0.05, 0.1) is 17.2 Å². The van der Waals surface area contributed by atoms with E-state index in [1.165, 1.54) is 16.4 Å². The van der Waals surface area contributed by atoms with E-state index in [0.717, 1.165) is 0 Å². The van der Waals surface area contributed by atoms with Crippen LogP contribution in [-0.4, -0.2) is 9.55 Å². The summed E-state index contributed by atoms with van der Waals surface area (Å²) in [6, 6.07) is 5.08. The minimum Gasteiger partial charge on any atom is -0.399 e. The van der Waals surface area contributed by atoms with Crippen LogP contribution in [0.4, 0.5) is 5.69 Å². The zero-order valence-corrected chi connectivity index (χ0v) is 9.19. The normalized spacial score (nSPS) is 11.3. The number of fused-ring (bicyclic) bond motifs is 1. The molecule has 0 aliphatic carbocycles. The molecule has 0 spiro atoms. The maximum absolute atomic E-state index is 12.0. The van der Waals surface area contributed by atoms with E-state index in [4.69, 9.17) is 17.3 Å². The summed E-state index contributed by atoms with van der Waals surface area (Å²) < 4.78 is 1.47. The Labute approximate surface area is 97.0 Å². The van der Waals surface area contributed by atoms with Gasteiger partial charge in [0.25, 0.3) is 5.56 Å². The van der Waals surface area contributed by atoms with E-state index in [9.17, 15) is 4.79 Å². The number of nitrogen functional groups attached to an aromatic ring is 1. The SMILES string of the molecule is Nc1ccc2ncn(C/C=C/Cl)c(=O)c2c1. The third-order valence-electron chi connectivity index (χ3n) is 2.24. The van der Waals surface area contributed by atoms with Crippen molar-refractivity contribution in [1.29, 1.82) is 0 Å². The van der Waals surface area contributed by atoms with Gasteiger partial charge in [0.2, 0.25) is 0 Å². The second-order valence-corrected chi connectivity index (χ2v) is 3.59. The highest BCUT2D eigenvalue weighted by Gasteiger charge is 2.02. The summed E-state index contributed by atoms with van der Waals surface area (Å²) in [6.45, 7) is 0.403. The molecule has 2 aromatic rings. The molecule has 16 heavy (non-hydrogen) atoms. The predicted octanol–water partition coefficient (Wildman–Crippen LogP) is 1.73. The van der Waals surface area contributed by atoms with Gasteiger partial charge in [0, 0.05) is 17.8 Å². The molecule has 2 N–H and O–H groups in total. The Morgan fingerprint density at radius 2 is 2.31 bits per heavy atom. The Kier molecular flexibility index (Phi) is 2.92. The van der Waals surface area contributed by atoms with Crippen LogP contribution in [0.5, 0.6) is 0 Å². The van der Waals surface area contributed by atoms with Crippen LogP contribution in [0, 0.1) is 0 Å². The first-order valence-corrected chi connectivity index (χ1v) is 5.16. The molecule has 0 amide bonds. The van der Waals surface area contributed by atoms with Gasteiger partial charge in [-0.25, -0.2) is 4.98 Å². The Bertz CT molecular complexity index is 604. The van der Waals surface area contributed by atoms with Crippen molar-refractivity contribution in [3.8, 4) is 0 Å². The lowest BCUT2D eigenvalue weighted by molar-refractivity contribution is 0.767. The third-order valence-corrected chi connectivity index (χ3v) is 2.42. The number of anilines is 1. The van der Waals surface area contributed by atoms with Gasteiger partial charge in [0.15, 0.2) is 0 Å². The molecule has 0 saturated carbocycles. The highest BCUT2D eigenvalue weighted by Crippen LogP contribution is 2.10. The predicted molar refractivity (Wildman–Crippen MR) is 65.4 cm³/mol. The number of hydrogen-bond acceptors (Lipinski definition) is 3. The second kappa shape index (κ2) is 4.37. The average Bonchev–Trinajstić information content (AvgIpc) is 2.29. The minimum atomic E-state index is -0.118. The summed E-state index contributed by atoms with van der Waals surface area (Å²) >= 11 is 5.41. The minimum absolute atomic E-state index is 0.118. The lowest BCUT2D eigenvalue weighted by Crippen LogP contribution is -2.19. The van der Waals surface area contributed by atoms with E-state index >= 15 is 0 Å². The maximum Gasteiger partial charge on any atom is 0.261 e. The van der Waals surface area contributed by atoms with Crippen LogP contribution >= 0.6 is 11.6 Å². The van der Waals surface area contributed by atoms with E-state index in [1.54, 1.807) is 24.3 Å². The molecule has 2 rings (SSSR count). The maximum atomic E-state index is 12.0. The number of halogens is 1. The highest BCUT2D eigenvalue weighted by atomic mass is 35.5. The van der Waals surface area contributed by atoms with Crippen LogP contribution in [0.1, 0.15) is 0 Å². The number of nitrogens with zero attached hydrogens (tertiary/aromatic N) is 2. The van der Waals surface area contributed by atoms with Crippen molar-refractivity contribution in [2.24, 2.45) is 0 Å². The number of benzene rings is 1. The van der Waals surface area contributed by atoms with Crippen molar-refractivity contribution < 1.29 is 0 Å². The molecular formula is C11H10ClN3O. The molecule has 0 aliphatic heterocycles. The number of rotatable bonds is 2. The Balaban J connectivity index is 2.63. The van der Waals surface area contributed by atoms with Gasteiger partial charge in [-0.15, -0.1) is 0 Å². The molecule has 0 atom stereocenters. The molecule has 1 aromatic heterocycles. The zero-order chi connectivity index (χ0) is 11.5. The van der Waals surface area contributed by atoms with Crippen molar-refractivity contribution in [3.05, 3.63) is 46.5 Å². The Morgan fingerprint density at radius 3 is 3.06 bits per heavy atom. The van der Waals surface area contributed by atoms with Crippen molar-refractivity contribution in [1.82, 2.24) is 9.55 Å². The van der Waals surface area contributed by atoms with Gasteiger partial charge in [-0.3, -0.25) is 9.36 Å². The van der Waals surface area contributed by atoms with E-state index in [0.29, 0.717) is 23.1 Å². The van der Waals surface area contributed by atoms with Crippen molar-refractivity contribution >= 4 is 28.2 Å². The number of hydrogen-bond donors (Lipinski definition) is 1. The molecule has 5 heteroatoms. The lowest BCUT2D eigenvalue weighted by Gasteiger charge is -2.03. The van der Waals surface area contributed by atoms with Crippen LogP contribution in [0.25, 0.3) is 10.9 Å². The summed E-state index contributed by atoms with van der Waals surface area (Å²) in [6.07, 6.45) is 3.17. The summed E-state index contributed by atoms with van der Waals surface area (Å²) in [7, 11) is 0. The summed E-state index contributed by atoms with van der Waals surface area (Å²) in [5.41, 5.74) is 8.08. The fourth-order valence-electron chi connectivity index (χ4n) is 1.46. The van der Waals surface area contributed by atoms with Crippen LogP contribution in [0.15, 0.2) is 40.9 Å². The monoisotopic (exact) mass is 235 g/mol. The van der Waals surface area contributed by atoms with Gasteiger partial charge in [-0.1, -0.05) is 17.7 Å². The van der Waals surface area contributed by atoms with Crippen LogP contribution in [0.3, 0.4) is 0 Å². The fraction of sp³-hybridized carbons (Fsp3) is 0.0909. The van der Waals surface area contributed by atoms with E-state index in [-0.39, 0.29) is 5.56 Å². The average molecular weight is 236 g/mol. The number of allylic oxidation sites excluding steroid dienone is 1. The molecule has 0 saturated heterocycles. The smallest absolute Gasteiger partial charge is 0.261 e. The van der Waals surface area contributed by atoms with Gasteiger partial charge >= 0.3 is 0 Å². The first-order valence-electron chi connectivity index (χ1n) is 4.72. The molecule has 1 aromatic carbocycles. The quantitative estimate of drug-likeness (QED) is 0.807. The molecule has 0 unspecified atom stereocenters. The molecule has 0 fully saturated rings. The third kappa shape index (κ3) is 1.92. The molecule has 0 bridgehead atoms. The summed E-state index contributed by atoms with van der Waals surface area (Å²) in [5.74, 6) is 0. The standard InChI is InChI=1S/C11H10ClN3O/c12-4-1-5-15-7-14-10-3-2-8(13)6-9(10)11(15)16/h1-4,6-7H,5,13H2/b4-1+. The molecule has 0 radical (unpaired) electrons. The summed E-state index contributed by atoms with van der Waals surface area (Å²) in [4.78, 5) is 16.1. The second-order valence-electron chi connectivity index (χ2n) is 3.34. The first-order chi connectivity index (χ1) is 7.72. The van der Waals surface area contributed by atoms with Crippen LogP contribution in [0.2, 0.25) is 0 Å². The van der Waals surface area contributed by atoms with E-state index in [2.05, 4.69) is 4.98 Å². The van der Waals surface area contributed by atoms with Gasteiger partial charge in [-0.05, 0) is 18.2 Å². The largest absolute Gasteiger partial charge is 0.399 e. The van der Waals surface area contributed by atoms with Crippen LogP contribution < -0.4 is 11.3 Å². The lowest BCUT2D eigenvalue weighted by atomic mass is 10.2. The van der Waals surface area contributed by atoms with Gasteiger partial charge in [0.1, 0.15) is 0 Å². The molecule has 82 valence electrons. The summed E-state index contributed by atoms with van der Waals surface area (Å²) in [5, 5.41) is 0.519. The van der Waals surface area contributed by atoms with E-state index in [1.807, 2.05) is 0 Å². The van der Waals surface area contributed by atoms with Gasteiger partial charge in [-0.2, -0.15) is 0 Å². The first kappa shape index (κ1) is 10.7. The molecule has 0 aliphatic rings. The topological polar surface area (TPSA) is 60.9 Å². The number of aromatic nitrogens is 2. The van der Waals surface area contributed by atoms with Crippen LogP contribution in [-0.2, 0) is 6.54 Å². The van der Waals surface area contributed by atoms with Crippen molar-refractivity contribution in [3.63, 3.8) is 0 Å². The molecule has 1 heterocycles. The fourth-order valence-corrected chi connectivity index (χ4v) is 1.54. The molecule has 4 nitrogen and oxygen atoms in total. The number of nitrogens with two attached hydrogens (primary N) is 1.